The summed E-state index contributed by atoms with van der Waals surface area (Å²) >= 11 is 0. The van der Waals surface area contributed by atoms with Crippen molar-refractivity contribution in [3.05, 3.63) is 23.8 Å². The Morgan fingerprint density at radius 2 is 1.69 bits per heavy atom. The third kappa shape index (κ3) is 7.95. The van der Waals surface area contributed by atoms with E-state index in [1.54, 1.807) is 18.2 Å². The molecule has 2 fully saturated rings. The SMILES string of the molecule is COC(=O)CCCCCCCN1C2CCCC1CC(NC(=O)c1ccc(NC(C)=O)cc1OC)C2. The van der Waals surface area contributed by atoms with Gasteiger partial charge in [0.25, 0.3) is 5.91 Å². The molecular weight excluding hydrogens is 446 g/mol. The monoisotopic (exact) mass is 487 g/mol. The molecule has 3 rings (SSSR count). The topological polar surface area (TPSA) is 97.0 Å². The fraction of sp³-hybridized carbons (Fsp3) is 0.667. The highest BCUT2D eigenvalue weighted by Gasteiger charge is 2.38. The number of piperidine rings is 2. The number of amides is 2. The van der Waals surface area contributed by atoms with Crippen LogP contribution in [0, 0.1) is 0 Å². The number of unbranched alkanes of at least 4 members (excludes halogenated alkanes) is 4. The molecule has 2 aliphatic heterocycles. The predicted octanol–water partition coefficient (Wildman–Crippen LogP) is 4.28. The Morgan fingerprint density at radius 3 is 2.34 bits per heavy atom. The first-order valence-electron chi connectivity index (χ1n) is 13.0. The number of methoxy groups -OCH3 is 2. The normalized spacial score (nSPS) is 21.7. The molecule has 2 unspecified atom stereocenters. The number of esters is 1. The van der Waals surface area contributed by atoms with E-state index < -0.39 is 0 Å². The van der Waals surface area contributed by atoms with Crippen LogP contribution in [0.1, 0.15) is 87.9 Å². The molecule has 0 saturated carbocycles. The minimum absolute atomic E-state index is 0.117. The van der Waals surface area contributed by atoms with Crippen LogP contribution in [-0.4, -0.2) is 61.6 Å². The molecule has 1 aromatic carbocycles. The van der Waals surface area contributed by atoms with E-state index >= 15 is 0 Å². The summed E-state index contributed by atoms with van der Waals surface area (Å²) in [4.78, 5) is 38.3. The second-order valence-corrected chi connectivity index (χ2v) is 9.81. The fourth-order valence-electron chi connectivity index (χ4n) is 5.58. The summed E-state index contributed by atoms with van der Waals surface area (Å²) in [6.07, 6.45) is 11.6. The molecule has 0 spiro atoms. The molecule has 0 aromatic heterocycles. The molecule has 8 nitrogen and oxygen atoms in total. The average molecular weight is 488 g/mol. The molecule has 2 N–H and O–H groups in total. The van der Waals surface area contributed by atoms with E-state index in [0.717, 1.165) is 38.6 Å². The van der Waals surface area contributed by atoms with Gasteiger partial charge < -0.3 is 20.1 Å². The summed E-state index contributed by atoms with van der Waals surface area (Å²) in [7, 11) is 2.98. The largest absolute Gasteiger partial charge is 0.496 e. The van der Waals surface area contributed by atoms with E-state index in [-0.39, 0.29) is 23.8 Å². The summed E-state index contributed by atoms with van der Waals surface area (Å²) in [5.74, 6) is 0.0482. The number of nitrogens with zero attached hydrogens (tertiary/aromatic N) is 1. The zero-order chi connectivity index (χ0) is 25.2. The van der Waals surface area contributed by atoms with Gasteiger partial charge in [0.2, 0.25) is 5.91 Å². The number of carbonyl (C=O) groups is 3. The molecule has 2 amide bonds. The van der Waals surface area contributed by atoms with Crippen molar-refractivity contribution in [3.63, 3.8) is 0 Å². The molecular formula is C27H41N3O5. The van der Waals surface area contributed by atoms with Crippen LogP contribution < -0.4 is 15.4 Å². The zero-order valence-corrected chi connectivity index (χ0v) is 21.4. The Kier molecular flexibility index (Phi) is 10.4. The number of rotatable bonds is 12. The van der Waals surface area contributed by atoms with Crippen LogP contribution in [-0.2, 0) is 14.3 Å². The molecule has 35 heavy (non-hydrogen) atoms. The Morgan fingerprint density at radius 1 is 1.00 bits per heavy atom. The summed E-state index contributed by atoms with van der Waals surface area (Å²) < 4.78 is 10.1. The van der Waals surface area contributed by atoms with Gasteiger partial charge in [0.05, 0.1) is 19.8 Å². The second-order valence-electron chi connectivity index (χ2n) is 9.81. The lowest BCUT2D eigenvalue weighted by Gasteiger charge is -2.49. The predicted molar refractivity (Wildman–Crippen MR) is 136 cm³/mol. The first-order valence-corrected chi connectivity index (χ1v) is 13.0. The van der Waals surface area contributed by atoms with Crippen LogP contribution >= 0.6 is 0 Å². The Labute approximate surface area is 209 Å². The van der Waals surface area contributed by atoms with Crippen LogP contribution in [0.4, 0.5) is 5.69 Å². The van der Waals surface area contributed by atoms with E-state index in [4.69, 9.17) is 9.47 Å². The Balaban J connectivity index is 1.47. The highest BCUT2D eigenvalue weighted by Crippen LogP contribution is 2.35. The number of hydrogen-bond donors (Lipinski definition) is 2. The maximum Gasteiger partial charge on any atom is 0.305 e. The third-order valence-corrected chi connectivity index (χ3v) is 7.25. The van der Waals surface area contributed by atoms with E-state index in [9.17, 15) is 14.4 Å². The highest BCUT2D eigenvalue weighted by molar-refractivity contribution is 5.98. The van der Waals surface area contributed by atoms with Gasteiger partial charge in [-0.05, 0) is 57.2 Å². The van der Waals surface area contributed by atoms with Gasteiger partial charge >= 0.3 is 5.97 Å². The number of fused-ring (bicyclic) bond motifs is 2. The van der Waals surface area contributed by atoms with Gasteiger partial charge in [-0.1, -0.05) is 25.7 Å². The maximum absolute atomic E-state index is 13.1. The molecule has 2 saturated heterocycles. The van der Waals surface area contributed by atoms with Gasteiger partial charge in [-0.2, -0.15) is 0 Å². The van der Waals surface area contributed by atoms with Gasteiger partial charge in [-0.15, -0.1) is 0 Å². The van der Waals surface area contributed by atoms with E-state index in [1.807, 2.05) is 0 Å². The number of anilines is 1. The molecule has 0 radical (unpaired) electrons. The lowest BCUT2D eigenvalue weighted by atomic mass is 9.81. The lowest BCUT2D eigenvalue weighted by Crippen LogP contribution is -2.57. The van der Waals surface area contributed by atoms with Crippen LogP contribution in [0.2, 0.25) is 0 Å². The van der Waals surface area contributed by atoms with Crippen LogP contribution in [0.5, 0.6) is 5.75 Å². The molecule has 194 valence electrons. The molecule has 0 aliphatic carbocycles. The Bertz CT molecular complexity index is 860. The first kappa shape index (κ1) is 27.0. The summed E-state index contributed by atoms with van der Waals surface area (Å²) in [5, 5.41) is 5.97. The first-order chi connectivity index (χ1) is 16.9. The lowest BCUT2D eigenvalue weighted by molar-refractivity contribution is -0.140. The minimum atomic E-state index is -0.166. The third-order valence-electron chi connectivity index (χ3n) is 7.25. The van der Waals surface area contributed by atoms with Gasteiger partial charge in [-0.25, -0.2) is 0 Å². The highest BCUT2D eigenvalue weighted by atomic mass is 16.5. The van der Waals surface area contributed by atoms with Gasteiger partial charge in [0.15, 0.2) is 0 Å². The fourth-order valence-corrected chi connectivity index (χ4v) is 5.58. The quantitative estimate of drug-likeness (QED) is 0.337. The standard InChI is InChI=1S/C27H41N3O5/c1-19(31)28-20-13-14-24(25(18-20)34-2)27(33)29-21-16-22-10-9-11-23(17-21)30(22)15-8-6-4-5-7-12-26(32)35-3/h13-14,18,21-23H,4-12,15-17H2,1-3H3,(H,28,31)(H,29,33). The molecule has 1 aromatic rings. The summed E-state index contributed by atoms with van der Waals surface area (Å²) in [5.41, 5.74) is 1.10. The van der Waals surface area contributed by atoms with Gasteiger partial charge in [0.1, 0.15) is 5.75 Å². The van der Waals surface area contributed by atoms with Crippen molar-refractivity contribution in [2.24, 2.45) is 0 Å². The van der Waals surface area contributed by atoms with Crippen LogP contribution in [0.15, 0.2) is 18.2 Å². The van der Waals surface area contributed by atoms with Crippen molar-refractivity contribution in [1.29, 1.82) is 0 Å². The zero-order valence-electron chi connectivity index (χ0n) is 21.4. The maximum atomic E-state index is 13.1. The number of hydrogen-bond acceptors (Lipinski definition) is 6. The number of benzene rings is 1. The minimum Gasteiger partial charge on any atom is -0.496 e. The molecule has 2 bridgehead atoms. The van der Waals surface area contributed by atoms with E-state index in [2.05, 4.69) is 15.5 Å². The van der Waals surface area contributed by atoms with Crippen molar-refractivity contribution in [2.45, 2.75) is 95.7 Å². The number of ether oxygens (including phenoxy) is 2. The smallest absolute Gasteiger partial charge is 0.305 e. The second kappa shape index (κ2) is 13.5. The molecule has 2 aliphatic rings. The van der Waals surface area contributed by atoms with Crippen molar-refractivity contribution in [3.8, 4) is 5.75 Å². The molecule has 2 heterocycles. The number of nitrogens with one attached hydrogen (secondary N) is 2. The van der Waals surface area contributed by atoms with Gasteiger partial charge in [-0.3, -0.25) is 19.3 Å². The van der Waals surface area contributed by atoms with Gasteiger partial charge in [0, 0.05) is 43.2 Å². The average Bonchev–Trinajstić information content (AvgIpc) is 2.82. The van der Waals surface area contributed by atoms with E-state index in [0.29, 0.717) is 35.5 Å². The van der Waals surface area contributed by atoms with Crippen LogP contribution in [0.3, 0.4) is 0 Å². The van der Waals surface area contributed by atoms with Crippen molar-refractivity contribution in [1.82, 2.24) is 10.2 Å². The number of carbonyl (C=O) groups excluding carboxylic acids is 3. The molecule has 8 heteroatoms. The van der Waals surface area contributed by atoms with Crippen molar-refractivity contribution < 1.29 is 23.9 Å². The summed E-state index contributed by atoms with van der Waals surface area (Å²) in [6.45, 7) is 2.56. The Hall–Kier alpha value is -2.61. The van der Waals surface area contributed by atoms with Crippen molar-refractivity contribution >= 4 is 23.5 Å². The van der Waals surface area contributed by atoms with Crippen LogP contribution in [0.25, 0.3) is 0 Å². The summed E-state index contributed by atoms with van der Waals surface area (Å²) in [6, 6.07) is 6.33. The molecule has 2 atom stereocenters. The van der Waals surface area contributed by atoms with E-state index in [1.165, 1.54) is 53.2 Å². The van der Waals surface area contributed by atoms with Crippen molar-refractivity contribution in [2.75, 3.05) is 26.1 Å².